The number of anilines is 1. The Morgan fingerprint density at radius 3 is 2.67 bits per heavy atom. The van der Waals surface area contributed by atoms with E-state index in [1.54, 1.807) is 0 Å². The Bertz CT molecular complexity index is 808. The van der Waals surface area contributed by atoms with Crippen LogP contribution >= 0.6 is 0 Å². The minimum absolute atomic E-state index is 0.226. The first-order valence-corrected chi connectivity index (χ1v) is 9.24. The van der Waals surface area contributed by atoms with Crippen LogP contribution in [-0.2, 0) is 4.79 Å². The van der Waals surface area contributed by atoms with E-state index in [0.29, 0.717) is 0 Å². The van der Waals surface area contributed by atoms with Crippen LogP contribution in [-0.4, -0.2) is 26.5 Å². The highest BCUT2D eigenvalue weighted by Gasteiger charge is 2.26. The normalized spacial score (nSPS) is 18.6. The Morgan fingerprint density at radius 2 is 2.00 bits per heavy atom. The van der Waals surface area contributed by atoms with E-state index in [-0.39, 0.29) is 17.3 Å². The Hall–Kier alpha value is -2.76. The topological polar surface area (TPSA) is 83.6 Å². The summed E-state index contributed by atoms with van der Waals surface area (Å²) in [6, 6.07) is 0. The van der Waals surface area contributed by atoms with Gasteiger partial charge in [0.2, 0.25) is 5.95 Å². The van der Waals surface area contributed by atoms with Crippen LogP contribution < -0.4 is 5.32 Å². The summed E-state index contributed by atoms with van der Waals surface area (Å²) < 4.78 is 0. The highest BCUT2D eigenvalue weighted by atomic mass is 16.1. The molecule has 0 unspecified atom stereocenters. The molecule has 1 heterocycles. The van der Waals surface area contributed by atoms with Crippen LogP contribution in [0.5, 0.6) is 0 Å². The van der Waals surface area contributed by atoms with Gasteiger partial charge in [-0.15, -0.1) is 0 Å². The van der Waals surface area contributed by atoms with Crippen molar-refractivity contribution in [3.8, 4) is 0 Å². The van der Waals surface area contributed by atoms with Gasteiger partial charge in [0.15, 0.2) is 0 Å². The molecule has 1 amide bonds. The number of aromatic amines is 1. The van der Waals surface area contributed by atoms with Gasteiger partial charge in [-0.05, 0) is 67.0 Å². The van der Waals surface area contributed by atoms with E-state index >= 15 is 0 Å². The SMILES string of the molecule is CC(C=CC1=C(C)CCCC1(C)C)=CC=C/C(C)=C\C(=O)Nc1nnn[nH]1. The van der Waals surface area contributed by atoms with E-state index in [2.05, 4.69) is 65.8 Å². The van der Waals surface area contributed by atoms with E-state index in [1.807, 2.05) is 25.2 Å². The van der Waals surface area contributed by atoms with Crippen molar-refractivity contribution in [2.45, 2.75) is 53.9 Å². The van der Waals surface area contributed by atoms with E-state index in [4.69, 9.17) is 0 Å². The summed E-state index contributed by atoms with van der Waals surface area (Å²) in [7, 11) is 0. The summed E-state index contributed by atoms with van der Waals surface area (Å²) in [6.45, 7) is 10.8. The summed E-state index contributed by atoms with van der Waals surface area (Å²) in [5.74, 6) is -0.0534. The number of nitrogens with one attached hydrogen (secondary N) is 2. The molecule has 27 heavy (non-hydrogen) atoms. The molecule has 144 valence electrons. The van der Waals surface area contributed by atoms with Gasteiger partial charge in [-0.3, -0.25) is 10.1 Å². The van der Waals surface area contributed by atoms with Crippen LogP contribution in [0.4, 0.5) is 5.95 Å². The molecule has 0 saturated carbocycles. The molecule has 0 aliphatic heterocycles. The zero-order valence-corrected chi connectivity index (χ0v) is 16.8. The molecule has 1 aromatic heterocycles. The lowest BCUT2D eigenvalue weighted by Crippen LogP contribution is -2.19. The monoisotopic (exact) mass is 367 g/mol. The molecule has 0 bridgehead atoms. The van der Waals surface area contributed by atoms with Gasteiger partial charge >= 0.3 is 0 Å². The van der Waals surface area contributed by atoms with Crippen molar-refractivity contribution in [2.24, 2.45) is 5.41 Å². The number of carbonyl (C=O) groups is 1. The molecular weight excluding hydrogens is 338 g/mol. The number of allylic oxidation sites excluding steroid dienone is 9. The molecule has 0 atom stereocenters. The molecule has 1 aliphatic rings. The van der Waals surface area contributed by atoms with E-state index in [1.165, 1.54) is 36.5 Å². The summed E-state index contributed by atoms with van der Waals surface area (Å²) >= 11 is 0. The summed E-state index contributed by atoms with van der Waals surface area (Å²) in [5, 5.41) is 15.4. The maximum atomic E-state index is 11.8. The van der Waals surface area contributed by atoms with Crippen molar-refractivity contribution < 1.29 is 4.79 Å². The molecule has 6 heteroatoms. The molecule has 0 spiro atoms. The molecule has 0 radical (unpaired) electrons. The Balaban J connectivity index is 1.95. The van der Waals surface area contributed by atoms with Crippen LogP contribution in [0.15, 0.2) is 58.7 Å². The summed E-state index contributed by atoms with van der Waals surface area (Å²) in [5.41, 5.74) is 5.20. The number of H-pyrrole nitrogens is 1. The lowest BCUT2D eigenvalue weighted by Gasteiger charge is -2.32. The predicted octanol–water partition coefficient (Wildman–Crippen LogP) is 4.67. The highest BCUT2D eigenvalue weighted by molar-refractivity contribution is 5.98. The number of tetrazole rings is 1. The number of amides is 1. The fraction of sp³-hybridized carbons (Fsp3) is 0.429. The second-order valence-corrected chi connectivity index (χ2v) is 7.66. The molecule has 0 saturated heterocycles. The van der Waals surface area contributed by atoms with Crippen molar-refractivity contribution in [2.75, 3.05) is 5.32 Å². The van der Waals surface area contributed by atoms with E-state index in [9.17, 15) is 4.79 Å². The molecule has 1 aliphatic carbocycles. The van der Waals surface area contributed by atoms with Crippen molar-refractivity contribution in [1.82, 2.24) is 20.6 Å². The van der Waals surface area contributed by atoms with Crippen molar-refractivity contribution in [3.05, 3.63) is 58.7 Å². The maximum absolute atomic E-state index is 11.8. The zero-order chi connectivity index (χ0) is 19.9. The third-order valence-corrected chi connectivity index (χ3v) is 4.72. The van der Waals surface area contributed by atoms with Gasteiger partial charge in [0.1, 0.15) is 0 Å². The molecule has 6 nitrogen and oxygen atoms in total. The minimum Gasteiger partial charge on any atom is -0.290 e. The third-order valence-electron chi connectivity index (χ3n) is 4.72. The van der Waals surface area contributed by atoms with Crippen LogP contribution in [0.3, 0.4) is 0 Å². The third kappa shape index (κ3) is 6.47. The summed E-state index contributed by atoms with van der Waals surface area (Å²) in [4.78, 5) is 11.8. The maximum Gasteiger partial charge on any atom is 0.251 e. The number of rotatable bonds is 6. The Kier molecular flexibility index (Phi) is 7.05. The van der Waals surface area contributed by atoms with Crippen LogP contribution in [0.1, 0.15) is 53.9 Å². The van der Waals surface area contributed by atoms with Gasteiger partial charge in [-0.25, -0.2) is 5.10 Å². The lowest BCUT2D eigenvalue weighted by molar-refractivity contribution is -0.112. The smallest absolute Gasteiger partial charge is 0.251 e. The van der Waals surface area contributed by atoms with Gasteiger partial charge in [0.05, 0.1) is 0 Å². The number of aromatic nitrogens is 4. The quantitative estimate of drug-likeness (QED) is 0.565. The lowest BCUT2D eigenvalue weighted by atomic mass is 9.72. The zero-order valence-electron chi connectivity index (χ0n) is 16.8. The van der Waals surface area contributed by atoms with Crippen molar-refractivity contribution in [3.63, 3.8) is 0 Å². The largest absolute Gasteiger partial charge is 0.290 e. The number of nitrogens with zero attached hydrogens (tertiary/aromatic N) is 3. The number of hydrogen-bond donors (Lipinski definition) is 2. The second kappa shape index (κ2) is 9.26. The van der Waals surface area contributed by atoms with Crippen LogP contribution in [0, 0.1) is 5.41 Å². The van der Waals surface area contributed by atoms with Gasteiger partial charge < -0.3 is 0 Å². The Labute approximate surface area is 161 Å². The molecule has 1 aromatic rings. The van der Waals surface area contributed by atoms with Gasteiger partial charge in [-0.1, -0.05) is 60.5 Å². The number of carbonyl (C=O) groups excluding carboxylic acids is 1. The van der Waals surface area contributed by atoms with Crippen molar-refractivity contribution in [1.29, 1.82) is 0 Å². The van der Waals surface area contributed by atoms with Gasteiger partial charge in [0.25, 0.3) is 5.91 Å². The fourth-order valence-corrected chi connectivity index (χ4v) is 3.25. The Morgan fingerprint density at radius 1 is 1.22 bits per heavy atom. The van der Waals surface area contributed by atoms with E-state index < -0.39 is 0 Å². The van der Waals surface area contributed by atoms with E-state index in [0.717, 1.165) is 11.1 Å². The fourth-order valence-electron chi connectivity index (χ4n) is 3.25. The average Bonchev–Trinajstić information content (AvgIpc) is 3.06. The van der Waals surface area contributed by atoms with Gasteiger partial charge in [0, 0.05) is 6.08 Å². The molecule has 2 N–H and O–H groups in total. The molecular formula is C21H29N5O. The number of hydrogen-bond acceptors (Lipinski definition) is 4. The summed E-state index contributed by atoms with van der Waals surface area (Å²) in [6.07, 6.45) is 15.5. The van der Waals surface area contributed by atoms with Gasteiger partial charge in [-0.2, -0.15) is 0 Å². The molecule has 2 rings (SSSR count). The minimum atomic E-state index is -0.279. The predicted molar refractivity (Wildman–Crippen MR) is 109 cm³/mol. The highest BCUT2D eigenvalue weighted by Crippen LogP contribution is 2.40. The molecule has 0 fully saturated rings. The second-order valence-electron chi connectivity index (χ2n) is 7.66. The van der Waals surface area contributed by atoms with Crippen LogP contribution in [0.2, 0.25) is 0 Å². The standard InChI is InChI=1S/C21H29N5O/c1-15(11-12-18-17(3)10-7-13-21(18,4)5)8-6-9-16(2)14-19(27)22-20-23-25-26-24-20/h6,8-9,11-12,14H,7,10,13H2,1-5H3,(H2,22,23,24,25,26,27)/b9-6?,12-11?,15-8?,16-14-. The molecule has 0 aromatic carbocycles. The first-order valence-electron chi connectivity index (χ1n) is 9.24. The van der Waals surface area contributed by atoms with Crippen molar-refractivity contribution >= 4 is 11.9 Å². The first-order chi connectivity index (χ1) is 12.8. The average molecular weight is 367 g/mol. The first kappa shape index (κ1) is 20.6. The van der Waals surface area contributed by atoms with Crippen LogP contribution in [0.25, 0.3) is 0 Å².